The number of carbonyl (C=O) groups is 1. The van der Waals surface area contributed by atoms with Crippen LogP contribution in [-0.4, -0.2) is 59.3 Å². The topological polar surface area (TPSA) is 162 Å². The van der Waals surface area contributed by atoms with Crippen LogP contribution >= 0.6 is 0 Å². The Kier molecular flexibility index (Phi) is 5.20. The number of aliphatic hydroxyl groups is 2. The fraction of sp³-hybridized carbons (Fsp3) is 0.267. The minimum Gasteiger partial charge on any atom is -0.395 e. The summed E-state index contributed by atoms with van der Waals surface area (Å²) in [6.07, 6.45) is 0. The number of benzene rings is 2. The molecule has 12 heteroatoms. The molecular formula is C15H17N3O7S2. The summed E-state index contributed by atoms with van der Waals surface area (Å²) in [6.45, 7) is -1.43. The molecule has 0 bridgehead atoms. The van der Waals surface area contributed by atoms with Crippen molar-refractivity contribution in [3.63, 3.8) is 0 Å². The lowest BCUT2D eigenvalue weighted by molar-refractivity contribution is 0.103. The van der Waals surface area contributed by atoms with Crippen molar-refractivity contribution in [1.82, 2.24) is 9.44 Å². The number of nitrogens with one attached hydrogen (secondary N) is 3. The molecule has 1 amide bonds. The van der Waals surface area contributed by atoms with E-state index in [1.54, 1.807) is 0 Å². The molecule has 146 valence electrons. The second-order valence-electron chi connectivity index (χ2n) is 5.67. The van der Waals surface area contributed by atoms with E-state index in [9.17, 15) is 21.6 Å². The van der Waals surface area contributed by atoms with Crippen LogP contribution in [0.5, 0.6) is 0 Å². The first-order valence-electron chi connectivity index (χ1n) is 7.85. The third-order valence-corrected chi connectivity index (χ3v) is 6.94. The van der Waals surface area contributed by atoms with Crippen LogP contribution in [0.4, 0.5) is 5.69 Å². The molecule has 5 N–H and O–H groups in total. The number of anilines is 1. The molecule has 0 radical (unpaired) electrons. The van der Waals surface area contributed by atoms with Crippen LogP contribution in [0.25, 0.3) is 10.8 Å². The Labute approximate surface area is 155 Å². The van der Waals surface area contributed by atoms with E-state index in [0.29, 0.717) is 0 Å². The first-order valence-corrected chi connectivity index (χ1v) is 10.8. The average Bonchev–Trinajstić information content (AvgIpc) is 2.96. The molecule has 3 rings (SSSR count). The summed E-state index contributed by atoms with van der Waals surface area (Å²) in [4.78, 5) is 11.4. The molecule has 0 spiro atoms. The molecule has 10 nitrogen and oxygen atoms in total. The molecule has 0 fully saturated rings. The van der Waals surface area contributed by atoms with Crippen LogP contribution in [-0.2, 0) is 20.0 Å². The van der Waals surface area contributed by atoms with E-state index >= 15 is 0 Å². The second kappa shape index (κ2) is 7.14. The van der Waals surface area contributed by atoms with Gasteiger partial charge in [0, 0.05) is 29.4 Å². The van der Waals surface area contributed by atoms with Gasteiger partial charge in [0.15, 0.2) is 0 Å². The van der Waals surface area contributed by atoms with Crippen LogP contribution in [0.1, 0.15) is 10.4 Å². The van der Waals surface area contributed by atoms with E-state index in [4.69, 9.17) is 10.2 Å². The van der Waals surface area contributed by atoms with Crippen LogP contribution in [0.15, 0.2) is 34.1 Å². The second-order valence-corrected chi connectivity index (χ2v) is 9.14. The number of aliphatic hydroxyl groups excluding tert-OH is 2. The predicted octanol–water partition coefficient (Wildman–Crippen LogP) is -1.05. The van der Waals surface area contributed by atoms with Crippen LogP contribution < -0.4 is 14.8 Å². The van der Waals surface area contributed by atoms with Gasteiger partial charge in [-0.05, 0) is 12.1 Å². The summed E-state index contributed by atoms with van der Waals surface area (Å²) in [7, 11) is -8.38. The van der Waals surface area contributed by atoms with Crippen molar-refractivity contribution in [2.45, 2.75) is 9.79 Å². The van der Waals surface area contributed by atoms with E-state index in [-0.39, 0.29) is 40.0 Å². The number of amides is 1. The fourth-order valence-corrected chi connectivity index (χ4v) is 5.40. The average molecular weight is 415 g/mol. The Balaban J connectivity index is 2.35. The van der Waals surface area contributed by atoms with Gasteiger partial charge >= 0.3 is 0 Å². The minimum atomic E-state index is -4.22. The van der Waals surface area contributed by atoms with Gasteiger partial charge in [-0.2, -0.15) is 0 Å². The number of sulfonamides is 2. The highest BCUT2D eigenvalue weighted by Crippen LogP contribution is 2.41. The Morgan fingerprint density at radius 3 is 2.11 bits per heavy atom. The molecule has 0 atom stereocenters. The molecule has 0 aliphatic carbocycles. The molecule has 1 aliphatic rings. The van der Waals surface area contributed by atoms with E-state index < -0.39 is 44.1 Å². The number of hydrogen-bond donors (Lipinski definition) is 5. The van der Waals surface area contributed by atoms with E-state index in [1.807, 2.05) is 0 Å². The van der Waals surface area contributed by atoms with Gasteiger partial charge in [0.1, 0.15) is 4.90 Å². The van der Waals surface area contributed by atoms with Gasteiger partial charge in [-0.1, -0.05) is 12.1 Å². The molecule has 0 saturated heterocycles. The van der Waals surface area contributed by atoms with Crippen molar-refractivity contribution < 1.29 is 31.8 Å². The lowest BCUT2D eigenvalue weighted by atomic mass is 10.1. The van der Waals surface area contributed by atoms with Crippen LogP contribution in [0, 0.1) is 0 Å². The van der Waals surface area contributed by atoms with Crippen molar-refractivity contribution in [2.75, 3.05) is 31.6 Å². The smallest absolute Gasteiger partial charge is 0.256 e. The molecule has 1 aliphatic heterocycles. The lowest BCUT2D eigenvalue weighted by Crippen LogP contribution is -2.29. The fourth-order valence-electron chi connectivity index (χ4n) is 2.86. The Bertz CT molecular complexity index is 1130. The molecule has 27 heavy (non-hydrogen) atoms. The van der Waals surface area contributed by atoms with Crippen LogP contribution in [0.2, 0.25) is 0 Å². The summed E-state index contributed by atoms with van der Waals surface area (Å²) in [6, 6.07) is 5.37. The lowest BCUT2D eigenvalue weighted by Gasteiger charge is -2.14. The maximum atomic E-state index is 12.6. The van der Waals surface area contributed by atoms with Crippen molar-refractivity contribution in [2.24, 2.45) is 0 Å². The van der Waals surface area contributed by atoms with Gasteiger partial charge in [0.05, 0.1) is 23.8 Å². The third kappa shape index (κ3) is 3.42. The van der Waals surface area contributed by atoms with Gasteiger partial charge in [0.2, 0.25) is 20.0 Å². The molecule has 2 aromatic rings. The normalized spacial score (nSPS) is 13.9. The summed E-state index contributed by atoms with van der Waals surface area (Å²) in [5.41, 5.74) is 0.137. The molecule has 2 aromatic carbocycles. The minimum absolute atomic E-state index is 0.0165. The summed E-state index contributed by atoms with van der Waals surface area (Å²) >= 11 is 0. The van der Waals surface area contributed by atoms with Gasteiger partial charge < -0.3 is 15.5 Å². The maximum Gasteiger partial charge on any atom is 0.256 e. The largest absolute Gasteiger partial charge is 0.395 e. The number of hydrogen-bond acceptors (Lipinski definition) is 7. The van der Waals surface area contributed by atoms with E-state index in [1.165, 1.54) is 18.2 Å². The zero-order valence-electron chi connectivity index (χ0n) is 13.9. The maximum absolute atomic E-state index is 12.6. The first-order chi connectivity index (χ1) is 12.7. The highest BCUT2D eigenvalue weighted by molar-refractivity contribution is 7.90. The zero-order chi connectivity index (χ0) is 19.8. The molecule has 0 saturated carbocycles. The van der Waals surface area contributed by atoms with Crippen LogP contribution in [0.3, 0.4) is 0 Å². The molecule has 0 aromatic heterocycles. The molecule has 1 heterocycles. The first kappa shape index (κ1) is 19.7. The van der Waals surface area contributed by atoms with Gasteiger partial charge in [0.25, 0.3) is 5.91 Å². The van der Waals surface area contributed by atoms with E-state index in [2.05, 4.69) is 14.8 Å². The summed E-state index contributed by atoms with van der Waals surface area (Å²) in [5.74, 6) is -0.549. The Morgan fingerprint density at radius 1 is 0.926 bits per heavy atom. The standard InChI is InChI=1S/C15H17N3O7S2/c19-6-4-16-26(22,23)11-8-12(27(24,25)17-5-7-20)14-13-9(11)2-1-3-10(13)15(21)18-14/h1-3,8,16-17,19-20H,4-7H2,(H,18,21). The van der Waals surface area contributed by atoms with Crippen molar-refractivity contribution >= 4 is 42.4 Å². The summed E-state index contributed by atoms with van der Waals surface area (Å²) < 4.78 is 54.8. The zero-order valence-corrected chi connectivity index (χ0v) is 15.5. The predicted molar refractivity (Wildman–Crippen MR) is 96.4 cm³/mol. The van der Waals surface area contributed by atoms with Crippen molar-refractivity contribution in [3.8, 4) is 0 Å². The van der Waals surface area contributed by atoms with Gasteiger partial charge in [-0.15, -0.1) is 0 Å². The molecular weight excluding hydrogens is 398 g/mol. The molecule has 0 unspecified atom stereocenters. The van der Waals surface area contributed by atoms with Crippen molar-refractivity contribution in [1.29, 1.82) is 0 Å². The van der Waals surface area contributed by atoms with Gasteiger partial charge in [-0.25, -0.2) is 26.3 Å². The number of rotatable bonds is 8. The number of carbonyl (C=O) groups excluding carboxylic acids is 1. The van der Waals surface area contributed by atoms with Gasteiger partial charge in [-0.3, -0.25) is 4.79 Å². The Morgan fingerprint density at radius 2 is 1.52 bits per heavy atom. The summed E-state index contributed by atoms with van der Waals surface area (Å²) in [5, 5.41) is 20.6. The SMILES string of the molecule is O=C1Nc2c(S(=O)(=O)NCCO)cc(S(=O)(=O)NCCO)c3cccc1c23. The third-order valence-electron chi connectivity index (χ3n) is 3.96. The highest BCUT2D eigenvalue weighted by Gasteiger charge is 2.33. The quantitative estimate of drug-likeness (QED) is 0.367. The van der Waals surface area contributed by atoms with E-state index in [0.717, 1.165) is 6.07 Å². The Hall–Kier alpha value is -2.09. The highest BCUT2D eigenvalue weighted by atomic mass is 32.2. The monoisotopic (exact) mass is 415 g/mol. The van der Waals surface area contributed by atoms with Crippen molar-refractivity contribution in [3.05, 3.63) is 29.8 Å².